The van der Waals surface area contributed by atoms with Crippen LogP contribution in [0.1, 0.15) is 40.2 Å². The molecular formula is C14H25NO2. The molecule has 0 bridgehead atoms. The Balaban J connectivity index is 0. The fourth-order valence-corrected chi connectivity index (χ4v) is 0.990. The summed E-state index contributed by atoms with van der Waals surface area (Å²) in [4.78, 5) is 11.0. The van der Waals surface area contributed by atoms with Crippen molar-refractivity contribution in [2.24, 2.45) is 0 Å². The number of aryl methyl sites for hydroxylation is 1. The highest BCUT2D eigenvalue weighted by Gasteiger charge is 2.02. The number of benzene rings is 1. The van der Waals surface area contributed by atoms with E-state index in [0.29, 0.717) is 6.61 Å². The molecule has 0 aromatic heterocycles. The average Bonchev–Trinajstić information content (AvgIpc) is 2.37. The first-order chi connectivity index (χ1) is 8.24. The van der Waals surface area contributed by atoms with Crippen molar-refractivity contribution in [2.75, 3.05) is 11.9 Å². The number of carbonyl (C=O) groups excluding carboxylic acids is 1. The molecule has 0 atom stereocenters. The van der Waals surface area contributed by atoms with E-state index in [1.165, 1.54) is 0 Å². The average molecular weight is 239 g/mol. The standard InChI is InChI=1S/C10H13NO2.2C2H6/c1-3-13-10(12)11-9-7-5-4-6-8(9)2;2*1-2/h4-7H,3H2,1-2H3,(H,11,12);2*1-2H3. The van der Waals surface area contributed by atoms with E-state index in [1.807, 2.05) is 58.9 Å². The van der Waals surface area contributed by atoms with Gasteiger partial charge in [0.2, 0.25) is 0 Å². The lowest BCUT2D eigenvalue weighted by Crippen LogP contribution is -2.13. The molecule has 0 radical (unpaired) electrons. The Hall–Kier alpha value is -1.51. The van der Waals surface area contributed by atoms with Crippen LogP contribution in [0.15, 0.2) is 24.3 Å². The van der Waals surface area contributed by atoms with Crippen molar-refractivity contribution in [1.82, 2.24) is 0 Å². The Morgan fingerprint density at radius 3 is 2.18 bits per heavy atom. The maximum absolute atomic E-state index is 11.0. The van der Waals surface area contributed by atoms with Crippen molar-refractivity contribution in [2.45, 2.75) is 41.5 Å². The molecule has 1 amide bonds. The molecule has 98 valence electrons. The number of nitrogens with one attached hydrogen (secondary N) is 1. The van der Waals surface area contributed by atoms with Gasteiger partial charge in [0.05, 0.1) is 6.61 Å². The third-order valence-electron chi connectivity index (χ3n) is 1.66. The first-order valence-corrected chi connectivity index (χ1v) is 6.23. The first kappa shape index (κ1) is 17.9. The van der Waals surface area contributed by atoms with Gasteiger partial charge in [-0.15, -0.1) is 0 Å². The normalized spacial score (nSPS) is 7.88. The van der Waals surface area contributed by atoms with E-state index in [9.17, 15) is 4.79 Å². The van der Waals surface area contributed by atoms with Gasteiger partial charge in [-0.05, 0) is 25.5 Å². The summed E-state index contributed by atoms with van der Waals surface area (Å²) in [6, 6.07) is 7.56. The van der Waals surface area contributed by atoms with Gasteiger partial charge >= 0.3 is 6.09 Å². The van der Waals surface area contributed by atoms with Crippen LogP contribution in [0.2, 0.25) is 0 Å². The number of hydrogen-bond donors (Lipinski definition) is 1. The number of amides is 1. The minimum absolute atomic E-state index is 0.387. The zero-order valence-corrected chi connectivity index (χ0v) is 11.8. The molecule has 1 aromatic carbocycles. The highest BCUT2D eigenvalue weighted by molar-refractivity contribution is 5.85. The molecule has 0 fully saturated rings. The second-order valence-electron chi connectivity index (χ2n) is 2.66. The van der Waals surface area contributed by atoms with E-state index in [1.54, 1.807) is 6.92 Å². The van der Waals surface area contributed by atoms with Gasteiger partial charge in [-0.3, -0.25) is 5.32 Å². The number of anilines is 1. The largest absolute Gasteiger partial charge is 0.450 e. The van der Waals surface area contributed by atoms with Gasteiger partial charge in [-0.2, -0.15) is 0 Å². The quantitative estimate of drug-likeness (QED) is 0.818. The first-order valence-electron chi connectivity index (χ1n) is 6.23. The highest BCUT2D eigenvalue weighted by Crippen LogP contribution is 2.12. The monoisotopic (exact) mass is 239 g/mol. The fraction of sp³-hybridized carbons (Fsp3) is 0.500. The Morgan fingerprint density at radius 2 is 1.71 bits per heavy atom. The SMILES string of the molecule is CC.CC.CCOC(=O)Nc1ccccc1C. The molecular weight excluding hydrogens is 214 g/mol. The van der Waals surface area contributed by atoms with Crippen molar-refractivity contribution >= 4 is 11.8 Å². The minimum Gasteiger partial charge on any atom is -0.450 e. The van der Waals surface area contributed by atoms with Crippen LogP contribution in [-0.4, -0.2) is 12.7 Å². The van der Waals surface area contributed by atoms with Crippen LogP contribution in [0.5, 0.6) is 0 Å². The summed E-state index contributed by atoms with van der Waals surface area (Å²) in [5.74, 6) is 0. The molecule has 0 aliphatic carbocycles. The number of carbonyl (C=O) groups is 1. The molecule has 0 saturated carbocycles. The topological polar surface area (TPSA) is 38.3 Å². The van der Waals surface area contributed by atoms with Crippen molar-refractivity contribution in [3.8, 4) is 0 Å². The molecule has 3 heteroatoms. The summed E-state index contributed by atoms with van der Waals surface area (Å²) in [6.07, 6.45) is -0.406. The molecule has 0 saturated heterocycles. The summed E-state index contributed by atoms with van der Waals surface area (Å²) in [5.41, 5.74) is 1.82. The van der Waals surface area contributed by atoms with Crippen LogP contribution < -0.4 is 5.32 Å². The van der Waals surface area contributed by atoms with Crippen molar-refractivity contribution in [1.29, 1.82) is 0 Å². The molecule has 3 nitrogen and oxygen atoms in total. The second-order valence-corrected chi connectivity index (χ2v) is 2.66. The molecule has 1 aromatic rings. The molecule has 1 rings (SSSR count). The molecule has 0 aliphatic rings. The van der Waals surface area contributed by atoms with E-state index in [-0.39, 0.29) is 0 Å². The predicted octanol–water partition coefficient (Wildman–Crippen LogP) is 4.62. The molecule has 0 unspecified atom stereocenters. The smallest absolute Gasteiger partial charge is 0.411 e. The lowest BCUT2D eigenvalue weighted by molar-refractivity contribution is 0.168. The van der Waals surface area contributed by atoms with E-state index >= 15 is 0 Å². The van der Waals surface area contributed by atoms with E-state index in [2.05, 4.69) is 5.32 Å². The van der Waals surface area contributed by atoms with E-state index < -0.39 is 6.09 Å². The zero-order chi connectivity index (χ0) is 13.7. The maximum atomic E-state index is 11.0. The fourth-order valence-electron chi connectivity index (χ4n) is 0.990. The minimum atomic E-state index is -0.406. The van der Waals surface area contributed by atoms with Gasteiger partial charge in [0.1, 0.15) is 0 Å². The van der Waals surface area contributed by atoms with Crippen LogP contribution in [0, 0.1) is 6.92 Å². The number of hydrogen-bond acceptors (Lipinski definition) is 2. The summed E-state index contributed by atoms with van der Waals surface area (Å²) >= 11 is 0. The van der Waals surface area contributed by atoms with Crippen molar-refractivity contribution in [3.05, 3.63) is 29.8 Å². The van der Waals surface area contributed by atoms with Crippen LogP contribution in [-0.2, 0) is 4.74 Å². The Bertz CT molecular complexity index is 298. The van der Waals surface area contributed by atoms with E-state index in [0.717, 1.165) is 11.3 Å². The molecule has 0 heterocycles. The summed E-state index contributed by atoms with van der Waals surface area (Å²) in [7, 11) is 0. The van der Waals surface area contributed by atoms with Crippen molar-refractivity contribution < 1.29 is 9.53 Å². The Labute approximate surface area is 105 Å². The van der Waals surface area contributed by atoms with Crippen LogP contribution >= 0.6 is 0 Å². The van der Waals surface area contributed by atoms with Crippen LogP contribution in [0.4, 0.5) is 10.5 Å². The van der Waals surface area contributed by atoms with Gasteiger partial charge < -0.3 is 4.74 Å². The van der Waals surface area contributed by atoms with Gasteiger partial charge in [0.15, 0.2) is 0 Å². The number of para-hydroxylation sites is 1. The van der Waals surface area contributed by atoms with E-state index in [4.69, 9.17) is 4.74 Å². The molecule has 17 heavy (non-hydrogen) atoms. The zero-order valence-electron chi connectivity index (χ0n) is 11.8. The molecule has 0 spiro atoms. The molecule has 0 aliphatic heterocycles. The van der Waals surface area contributed by atoms with Crippen molar-refractivity contribution in [3.63, 3.8) is 0 Å². The third-order valence-corrected chi connectivity index (χ3v) is 1.66. The van der Waals surface area contributed by atoms with Gasteiger partial charge in [0.25, 0.3) is 0 Å². The number of ether oxygens (including phenoxy) is 1. The van der Waals surface area contributed by atoms with Crippen LogP contribution in [0.25, 0.3) is 0 Å². The van der Waals surface area contributed by atoms with Gasteiger partial charge in [0, 0.05) is 5.69 Å². The number of rotatable bonds is 2. The molecule has 1 N–H and O–H groups in total. The Kier molecular flexibility index (Phi) is 13.2. The maximum Gasteiger partial charge on any atom is 0.411 e. The predicted molar refractivity (Wildman–Crippen MR) is 74.5 cm³/mol. The summed E-state index contributed by atoms with van der Waals surface area (Å²) in [5, 5.41) is 2.65. The summed E-state index contributed by atoms with van der Waals surface area (Å²) in [6.45, 7) is 12.1. The van der Waals surface area contributed by atoms with Crippen LogP contribution in [0.3, 0.4) is 0 Å². The van der Waals surface area contributed by atoms with Gasteiger partial charge in [-0.1, -0.05) is 45.9 Å². The Morgan fingerprint density at radius 1 is 1.18 bits per heavy atom. The second kappa shape index (κ2) is 12.6. The van der Waals surface area contributed by atoms with Gasteiger partial charge in [-0.25, -0.2) is 4.79 Å². The third kappa shape index (κ3) is 8.31. The highest BCUT2D eigenvalue weighted by atomic mass is 16.5. The lowest BCUT2D eigenvalue weighted by Gasteiger charge is -2.06. The lowest BCUT2D eigenvalue weighted by atomic mass is 10.2. The summed E-state index contributed by atoms with van der Waals surface area (Å²) < 4.78 is 4.75.